The van der Waals surface area contributed by atoms with E-state index in [0.717, 1.165) is 0 Å². The molecule has 0 saturated carbocycles. The number of rotatable bonds is 3. The second-order valence-corrected chi connectivity index (χ2v) is 1.50. The zero-order valence-corrected chi connectivity index (χ0v) is 9.09. The van der Waals surface area contributed by atoms with Crippen LogP contribution in [-0.4, -0.2) is 57.5 Å². The van der Waals surface area contributed by atoms with Crippen molar-refractivity contribution in [3.05, 3.63) is 0 Å². The van der Waals surface area contributed by atoms with E-state index in [-0.39, 0.29) is 53.3 Å². The normalized spacial score (nSPS) is 8.07. The topological polar surface area (TPSA) is 196 Å². The molecule has 0 aromatic carbocycles. The third kappa shape index (κ3) is 22.6. The van der Waals surface area contributed by atoms with Gasteiger partial charge in [-0.3, -0.25) is 0 Å². The molecule has 0 aliphatic rings. The van der Waals surface area contributed by atoms with Crippen LogP contribution in [0.4, 0.5) is 0 Å². The van der Waals surface area contributed by atoms with E-state index in [1.54, 1.807) is 0 Å². The van der Waals surface area contributed by atoms with Gasteiger partial charge < -0.3 is 54.4 Å². The molecule has 0 aromatic heterocycles. The minimum absolute atomic E-state index is 0. The average Bonchev–Trinajstić information content (AvgIpc) is 1.63. The van der Waals surface area contributed by atoms with Crippen molar-refractivity contribution in [1.82, 2.24) is 0 Å². The van der Waals surface area contributed by atoms with E-state index in [1.807, 2.05) is 0 Å². The number of hydrogen-bond acceptors (Lipinski definition) is 8. The Morgan fingerprint density at radius 1 is 1.21 bits per heavy atom. The van der Waals surface area contributed by atoms with Crippen molar-refractivity contribution in [2.24, 2.45) is 5.73 Å². The predicted octanol–water partition coefficient (Wildman–Crippen LogP) is -7.59. The summed E-state index contributed by atoms with van der Waals surface area (Å²) in [5.74, 6) is -3.08. The Bertz CT molecular complexity index is 151. The molecule has 1 atom stereocenters. The molecule has 0 aliphatic carbocycles. The zero-order valence-electron chi connectivity index (χ0n) is 7.92. The molecule has 0 aromatic rings. The number of hydrogen-bond donors (Lipinski definition) is 1. The third-order valence-corrected chi connectivity index (χ3v) is 0.689. The van der Waals surface area contributed by atoms with E-state index in [0.29, 0.717) is 0 Å². The van der Waals surface area contributed by atoms with Crippen LogP contribution in [0.5, 0.6) is 0 Å². The standard InChI is InChI=1S/C4H7NO4.ClH.Mg.3H2O/c5-2(4(8)9)1-3(6)7;;;;;/h2H,1,5H2,(H,6,7)(H,8,9);1H;;3*1H2/q;;+2;;;/p-5. The second kappa shape index (κ2) is 18.6. The third-order valence-electron chi connectivity index (χ3n) is 0.689. The van der Waals surface area contributed by atoms with Crippen LogP contribution in [0.2, 0.25) is 0 Å². The van der Waals surface area contributed by atoms with Gasteiger partial charge in [-0.05, 0) is 0 Å². The molecule has 0 spiro atoms. The molecule has 0 amide bonds. The summed E-state index contributed by atoms with van der Waals surface area (Å²) in [7, 11) is 0. The van der Waals surface area contributed by atoms with E-state index in [4.69, 9.17) is 5.73 Å². The van der Waals surface area contributed by atoms with Crippen LogP contribution in [0.3, 0.4) is 0 Å². The Hall–Kier alpha value is -0.164. The first-order valence-electron chi connectivity index (χ1n) is 2.20. The molecule has 0 radical (unpaired) electrons. The fourth-order valence-corrected chi connectivity index (χ4v) is 0.263. The van der Waals surface area contributed by atoms with Gasteiger partial charge in [-0.2, -0.15) is 0 Å². The minimum Gasteiger partial charge on any atom is -1.00 e. The van der Waals surface area contributed by atoms with Crippen LogP contribution in [0.25, 0.3) is 0 Å². The minimum atomic E-state index is -1.58. The monoisotopic (exact) mass is 242 g/mol. The Morgan fingerprint density at radius 3 is 1.57 bits per heavy atom. The largest absolute Gasteiger partial charge is 2.00 e. The van der Waals surface area contributed by atoms with Crippen molar-refractivity contribution in [2.45, 2.75) is 12.5 Å². The maximum atomic E-state index is 9.71. The summed E-state index contributed by atoms with van der Waals surface area (Å²) in [5.41, 5.74) is 4.73. The molecule has 14 heavy (non-hydrogen) atoms. The van der Waals surface area contributed by atoms with Crippen molar-refractivity contribution in [3.8, 4) is 0 Å². The molecule has 0 heterocycles. The Kier molecular flexibility index (Phi) is 49.3. The van der Waals surface area contributed by atoms with Crippen molar-refractivity contribution in [3.63, 3.8) is 0 Å². The quantitative estimate of drug-likeness (QED) is 0.471. The maximum absolute atomic E-state index is 9.71. The van der Waals surface area contributed by atoms with Crippen LogP contribution in [0.1, 0.15) is 7.85 Å². The molecule has 0 saturated heterocycles. The molecule has 10 heteroatoms. The first-order valence-corrected chi connectivity index (χ1v) is 2.20. The van der Waals surface area contributed by atoms with Gasteiger partial charge in [0.15, 0.2) is 0 Å². The van der Waals surface area contributed by atoms with Crippen LogP contribution < -0.4 is 28.4 Å². The number of nitrogens with two attached hydrogens (primary N) is 1. The van der Waals surface area contributed by atoms with Gasteiger partial charge in [0.05, 0.1) is 5.97 Å². The van der Waals surface area contributed by atoms with Crippen LogP contribution >= 0.6 is 0 Å². The number of carboxylic acid groups (broad SMARTS) is 2. The fourth-order valence-electron chi connectivity index (χ4n) is 0.263. The smallest absolute Gasteiger partial charge is 1.00 e. The zero-order chi connectivity index (χ0) is 7.44. The fraction of sp³-hybridized carbons (Fsp3) is 0.500. The van der Waals surface area contributed by atoms with Crippen LogP contribution in [-0.2, 0) is 9.59 Å². The van der Waals surface area contributed by atoms with Gasteiger partial charge in [0, 0.05) is 18.4 Å². The van der Waals surface area contributed by atoms with E-state index in [9.17, 15) is 19.8 Å². The SMILES string of the molecule is NC(CC(=O)[O-])C(=O)[O-].[Cl-].[H+].[Mg+2].[OH-].[OH-].[OH-]. The van der Waals surface area contributed by atoms with E-state index in [2.05, 4.69) is 0 Å². The number of carboxylic acids is 2. The van der Waals surface area contributed by atoms with Gasteiger partial charge in [0.25, 0.3) is 0 Å². The molecule has 5 N–H and O–H groups in total. The predicted molar refractivity (Wildman–Crippen MR) is 35.3 cm³/mol. The van der Waals surface area contributed by atoms with Gasteiger partial charge in [-0.15, -0.1) is 0 Å². The van der Waals surface area contributed by atoms with Crippen LogP contribution in [0, 0.1) is 0 Å². The van der Waals surface area contributed by atoms with Crippen molar-refractivity contribution < 1.29 is 50.1 Å². The Morgan fingerprint density at radius 2 is 1.50 bits per heavy atom. The van der Waals surface area contributed by atoms with Gasteiger partial charge >= 0.3 is 24.5 Å². The van der Waals surface area contributed by atoms with Gasteiger partial charge in [0.1, 0.15) is 0 Å². The molecule has 84 valence electrons. The van der Waals surface area contributed by atoms with E-state index >= 15 is 0 Å². The number of carbonyl (C=O) groups is 2. The summed E-state index contributed by atoms with van der Waals surface area (Å²) in [6.45, 7) is 0. The first kappa shape index (κ1) is 37.1. The summed E-state index contributed by atoms with van der Waals surface area (Å²) in [6, 6.07) is -1.46. The van der Waals surface area contributed by atoms with Crippen molar-refractivity contribution in [2.75, 3.05) is 0 Å². The summed E-state index contributed by atoms with van der Waals surface area (Å²) < 4.78 is 0. The van der Waals surface area contributed by atoms with E-state index in [1.165, 1.54) is 0 Å². The molecular formula is C4H9ClMgNO7-3. The second-order valence-electron chi connectivity index (χ2n) is 1.50. The summed E-state index contributed by atoms with van der Waals surface area (Å²) in [6.07, 6.45) is -0.706. The van der Waals surface area contributed by atoms with Gasteiger partial charge in [-0.25, -0.2) is 0 Å². The molecule has 0 fully saturated rings. The average molecular weight is 243 g/mol. The maximum Gasteiger partial charge on any atom is 2.00 e. The Balaban J connectivity index is -0.0000000213. The summed E-state index contributed by atoms with van der Waals surface area (Å²) in [4.78, 5) is 19.3. The molecular weight excluding hydrogens is 234 g/mol. The molecule has 0 rings (SSSR count). The number of halogens is 1. The van der Waals surface area contributed by atoms with Gasteiger partial charge in [0.2, 0.25) is 0 Å². The molecule has 0 bridgehead atoms. The Labute approximate surface area is 103 Å². The first-order chi connectivity index (χ1) is 4.04. The van der Waals surface area contributed by atoms with Crippen molar-refractivity contribution in [1.29, 1.82) is 0 Å². The number of carbonyl (C=O) groups excluding carboxylic acids is 2. The number of aliphatic carboxylic acids is 2. The van der Waals surface area contributed by atoms with Crippen LogP contribution in [0.15, 0.2) is 0 Å². The van der Waals surface area contributed by atoms with E-state index < -0.39 is 24.4 Å². The summed E-state index contributed by atoms with van der Waals surface area (Å²) >= 11 is 0. The summed E-state index contributed by atoms with van der Waals surface area (Å²) in [5, 5.41) is 19.3. The molecule has 8 nitrogen and oxygen atoms in total. The van der Waals surface area contributed by atoms with Crippen molar-refractivity contribution >= 4 is 35.0 Å². The molecule has 1 unspecified atom stereocenters. The van der Waals surface area contributed by atoms with Gasteiger partial charge in [-0.1, -0.05) is 0 Å². The molecule has 0 aliphatic heterocycles.